The molecular weight excluding hydrogens is 396 g/mol. The summed E-state index contributed by atoms with van der Waals surface area (Å²) in [7, 11) is 3.31. The molecule has 24 heavy (non-hydrogen) atoms. The number of nitrogens with zero attached hydrogens (tertiary/aromatic N) is 4. The van der Waals surface area contributed by atoms with Gasteiger partial charge < -0.3 is 35.9 Å². The van der Waals surface area contributed by atoms with Crippen LogP contribution in [0.4, 0.5) is 0 Å². The summed E-state index contributed by atoms with van der Waals surface area (Å²) < 4.78 is 0. The van der Waals surface area contributed by atoms with E-state index in [2.05, 4.69) is 31.0 Å². The molecule has 0 atom stereocenters. The van der Waals surface area contributed by atoms with E-state index in [1.807, 2.05) is 0 Å². The summed E-state index contributed by atoms with van der Waals surface area (Å²) in [5, 5.41) is 21.8. The van der Waals surface area contributed by atoms with E-state index in [0.717, 1.165) is 11.8 Å². The molecule has 2 N–H and O–H groups in total. The van der Waals surface area contributed by atoms with Crippen LogP contribution in [-0.4, -0.2) is 42.1 Å². The van der Waals surface area contributed by atoms with Crippen LogP contribution in [0.25, 0.3) is 0 Å². The van der Waals surface area contributed by atoms with Crippen LogP contribution in [0.15, 0.2) is 44.7 Å². The molecule has 0 aliphatic carbocycles. The molecule has 1 rings (SSSR count). The Balaban J connectivity index is 0.00000529. The zero-order chi connectivity index (χ0) is 17.2. The average molecular weight is 412 g/mol. The molecule has 0 saturated heterocycles. The Morgan fingerprint density at radius 1 is 0.958 bits per heavy atom. The van der Waals surface area contributed by atoms with Gasteiger partial charge in [-0.2, -0.15) is 15.3 Å². The predicted molar refractivity (Wildman–Crippen MR) is 99.2 cm³/mol. The van der Waals surface area contributed by atoms with Gasteiger partial charge in [0, 0.05) is 25.2 Å². The molecule has 0 bridgehead atoms. The number of hydrogen-bond donors (Lipinski definition) is 2. The largest absolute Gasteiger partial charge is 2.00 e. The summed E-state index contributed by atoms with van der Waals surface area (Å²) in [6.45, 7) is 1.73. The number of hydrogen-bond acceptors (Lipinski definition) is 7. The van der Waals surface area contributed by atoms with Gasteiger partial charge in [0.25, 0.3) is 0 Å². The Bertz CT molecular complexity index is 670. The maximum atomic E-state index is 10.8. The van der Waals surface area contributed by atoms with Crippen molar-refractivity contribution in [1.29, 1.82) is 0 Å². The van der Waals surface area contributed by atoms with Crippen molar-refractivity contribution in [3.8, 4) is 0 Å². The minimum atomic E-state index is 0. The molecular formula is C14H16CuN6OS2. The first-order valence-corrected chi connectivity index (χ1v) is 7.36. The van der Waals surface area contributed by atoms with Crippen molar-refractivity contribution in [3.05, 3.63) is 35.4 Å². The van der Waals surface area contributed by atoms with E-state index in [1.165, 1.54) is 0 Å². The fraction of sp³-hybridized carbons (Fsp3) is 0.214. The quantitative estimate of drug-likeness (QED) is 0.187. The van der Waals surface area contributed by atoms with Crippen molar-refractivity contribution >= 4 is 53.3 Å². The van der Waals surface area contributed by atoms with Crippen molar-refractivity contribution in [3.63, 3.8) is 0 Å². The maximum Gasteiger partial charge on any atom is 2.00 e. The third-order valence-corrected chi connectivity index (χ3v) is 3.19. The van der Waals surface area contributed by atoms with Crippen molar-refractivity contribution in [1.82, 2.24) is 10.6 Å². The minimum absolute atomic E-state index is 0. The monoisotopic (exact) mass is 411 g/mol. The van der Waals surface area contributed by atoms with Crippen LogP contribution >= 0.6 is 0 Å². The van der Waals surface area contributed by atoms with Crippen molar-refractivity contribution in [2.75, 3.05) is 14.1 Å². The van der Waals surface area contributed by atoms with E-state index in [4.69, 9.17) is 25.3 Å². The van der Waals surface area contributed by atoms with Crippen molar-refractivity contribution < 1.29 is 21.9 Å². The van der Waals surface area contributed by atoms with E-state index in [0.29, 0.717) is 17.0 Å². The summed E-state index contributed by atoms with van der Waals surface area (Å²) in [6, 6.07) is 6.85. The van der Waals surface area contributed by atoms with Gasteiger partial charge in [0.15, 0.2) is 0 Å². The third-order valence-electron chi connectivity index (χ3n) is 2.62. The zero-order valence-electron chi connectivity index (χ0n) is 13.2. The smallest absolute Gasteiger partial charge is 0.741 e. The standard InChI is InChI=1S/C14H18N6OS2.Cu/c1-9(17-19-13(22)15-2)12(18-20-14(23)16-3)11-6-4-10(8-21)5-7-11;/h4-8H,1-3H3,(H2,15,19,22)(H2,16,20,23);/q;+2/p-2. The molecule has 0 aromatic heterocycles. The Morgan fingerprint density at radius 2 is 1.46 bits per heavy atom. The van der Waals surface area contributed by atoms with Gasteiger partial charge in [0.2, 0.25) is 0 Å². The Labute approximate surface area is 162 Å². The molecule has 10 heteroatoms. The molecule has 0 aliphatic heterocycles. The van der Waals surface area contributed by atoms with E-state index in [9.17, 15) is 4.79 Å². The zero-order valence-corrected chi connectivity index (χ0v) is 15.8. The molecule has 1 aromatic carbocycles. The fourth-order valence-electron chi connectivity index (χ4n) is 1.42. The van der Waals surface area contributed by atoms with Gasteiger partial charge in [-0.15, -0.1) is 5.10 Å². The average Bonchev–Trinajstić information content (AvgIpc) is 2.59. The van der Waals surface area contributed by atoms with Crippen LogP contribution in [0.5, 0.6) is 0 Å². The molecule has 0 aliphatic rings. The van der Waals surface area contributed by atoms with Crippen LogP contribution in [-0.2, 0) is 42.3 Å². The molecule has 0 saturated carbocycles. The SMILES string of the molecule is CNC([S-])=NN=C(C)C(=NN=C([S-])NC)c1ccc(C=O)cc1.[Cu+2]. The third kappa shape index (κ3) is 7.14. The second-order valence-electron chi connectivity index (χ2n) is 4.18. The minimum Gasteiger partial charge on any atom is -0.741 e. The Morgan fingerprint density at radius 3 is 1.92 bits per heavy atom. The molecule has 0 amide bonds. The number of benzene rings is 1. The number of nitrogens with one attached hydrogen (secondary N) is 2. The van der Waals surface area contributed by atoms with Crippen molar-refractivity contribution in [2.45, 2.75) is 6.92 Å². The van der Waals surface area contributed by atoms with Gasteiger partial charge in [0.1, 0.15) is 12.0 Å². The number of carbonyl (C=O) groups excluding carboxylic acids is 1. The summed E-state index contributed by atoms with van der Waals surface area (Å²) in [5.41, 5.74) is 2.27. The molecule has 1 radical (unpaired) electrons. The molecule has 1 aromatic rings. The first kappa shape index (κ1) is 22.1. The van der Waals surface area contributed by atoms with E-state index in [-0.39, 0.29) is 27.4 Å². The van der Waals surface area contributed by atoms with E-state index >= 15 is 0 Å². The Kier molecular flexibility index (Phi) is 10.7. The first-order chi connectivity index (χ1) is 11.0. The molecule has 0 spiro atoms. The fourth-order valence-corrected chi connectivity index (χ4v) is 1.50. The number of rotatable bonds is 5. The second-order valence-corrected chi connectivity index (χ2v) is 4.96. The van der Waals surface area contributed by atoms with E-state index < -0.39 is 0 Å². The second kappa shape index (κ2) is 11.6. The maximum absolute atomic E-state index is 10.8. The topological polar surface area (TPSA) is 90.6 Å². The molecule has 7 nitrogen and oxygen atoms in total. The number of amidine groups is 2. The van der Waals surface area contributed by atoms with Crippen LogP contribution in [0, 0.1) is 0 Å². The van der Waals surface area contributed by atoms with Gasteiger partial charge in [-0.3, -0.25) is 4.79 Å². The molecule has 0 fully saturated rings. The Hall–Kier alpha value is -1.87. The van der Waals surface area contributed by atoms with Crippen LogP contribution in [0.1, 0.15) is 22.8 Å². The van der Waals surface area contributed by atoms with Crippen LogP contribution in [0.3, 0.4) is 0 Å². The molecule has 0 heterocycles. The predicted octanol–water partition coefficient (Wildman–Crippen LogP) is 0.821. The van der Waals surface area contributed by atoms with Gasteiger partial charge in [0.05, 0.1) is 5.71 Å². The van der Waals surface area contributed by atoms with Crippen LogP contribution < -0.4 is 10.6 Å². The summed E-state index contributed by atoms with van der Waals surface area (Å²) in [5.74, 6) is 0. The number of carbonyl (C=O) groups is 1. The molecule has 131 valence electrons. The summed E-state index contributed by atoms with van der Waals surface area (Å²) in [4.78, 5) is 10.8. The van der Waals surface area contributed by atoms with Gasteiger partial charge >= 0.3 is 17.1 Å². The van der Waals surface area contributed by atoms with Crippen LogP contribution in [0.2, 0.25) is 0 Å². The first-order valence-electron chi connectivity index (χ1n) is 6.55. The number of aldehydes is 1. The normalized spacial score (nSPS) is 13.1. The van der Waals surface area contributed by atoms with Gasteiger partial charge in [-0.1, -0.05) is 24.3 Å². The van der Waals surface area contributed by atoms with Crippen molar-refractivity contribution in [2.24, 2.45) is 20.4 Å². The van der Waals surface area contributed by atoms with Gasteiger partial charge in [-0.05, 0) is 17.3 Å². The molecule has 0 unspecified atom stereocenters. The summed E-state index contributed by atoms with van der Waals surface area (Å²) in [6.07, 6.45) is 0.767. The summed E-state index contributed by atoms with van der Waals surface area (Å²) >= 11 is 9.87. The van der Waals surface area contributed by atoms with Gasteiger partial charge in [-0.25, -0.2) is 0 Å². The van der Waals surface area contributed by atoms with E-state index in [1.54, 1.807) is 45.3 Å².